The van der Waals surface area contributed by atoms with Crippen LogP contribution in [0.3, 0.4) is 0 Å². The summed E-state index contributed by atoms with van der Waals surface area (Å²) in [6.45, 7) is 2.55. The molecule has 2 rings (SSSR count). The lowest BCUT2D eigenvalue weighted by Gasteiger charge is -2.19. The average molecular weight is 324 g/mol. The lowest BCUT2D eigenvalue weighted by molar-refractivity contribution is 0.396. The summed E-state index contributed by atoms with van der Waals surface area (Å²) in [6.07, 6.45) is 2.23. The van der Waals surface area contributed by atoms with E-state index in [2.05, 4.69) is 4.98 Å². The fraction of sp³-hybridized carbons (Fsp3) is 0.400. The molecule has 0 spiro atoms. The van der Waals surface area contributed by atoms with E-state index in [0.717, 1.165) is 10.4 Å². The van der Waals surface area contributed by atoms with Crippen LogP contribution in [0.15, 0.2) is 40.9 Å². The van der Waals surface area contributed by atoms with Crippen molar-refractivity contribution in [1.29, 1.82) is 0 Å². The zero-order valence-corrected chi connectivity index (χ0v) is 14.1. The monoisotopic (exact) mass is 324 g/mol. The van der Waals surface area contributed by atoms with E-state index < -0.39 is 15.1 Å². The van der Waals surface area contributed by atoms with E-state index in [-0.39, 0.29) is 0 Å². The zero-order chi connectivity index (χ0) is 15.5. The van der Waals surface area contributed by atoms with Gasteiger partial charge in [-0.2, -0.15) is 0 Å². The van der Waals surface area contributed by atoms with E-state index >= 15 is 0 Å². The van der Waals surface area contributed by atoms with Crippen molar-refractivity contribution in [3.8, 4) is 0 Å². The van der Waals surface area contributed by atoms with Crippen LogP contribution in [0.2, 0.25) is 0 Å². The van der Waals surface area contributed by atoms with Crippen LogP contribution in [0, 0.1) is 6.92 Å². The Morgan fingerprint density at radius 3 is 2.57 bits per heavy atom. The van der Waals surface area contributed by atoms with Crippen molar-refractivity contribution < 1.29 is 8.42 Å². The van der Waals surface area contributed by atoms with Crippen molar-refractivity contribution in [2.45, 2.75) is 23.5 Å². The van der Waals surface area contributed by atoms with Crippen LogP contribution in [0.5, 0.6) is 0 Å². The quantitative estimate of drug-likeness (QED) is 0.820. The molecule has 1 heterocycles. The van der Waals surface area contributed by atoms with Gasteiger partial charge in [0.05, 0.1) is 10.4 Å². The highest BCUT2D eigenvalue weighted by molar-refractivity contribution is 7.91. The van der Waals surface area contributed by atoms with Crippen molar-refractivity contribution >= 4 is 21.2 Å². The van der Waals surface area contributed by atoms with E-state index in [1.165, 1.54) is 11.3 Å². The molecule has 114 valence electrons. The predicted molar refractivity (Wildman–Crippen MR) is 86.4 cm³/mol. The number of hydrogen-bond donors (Lipinski definition) is 0. The topological polar surface area (TPSA) is 50.3 Å². The molecule has 0 bridgehead atoms. The standard InChI is InChI=1S/C15H20N2O2S2/c1-12-6-4-5-7-14(12)21(18,19)15(8-9-17(2)3)13-10-16-11-20-13/h4-7,10-11,15H,8-9H2,1-3H3. The molecule has 2 aromatic rings. The van der Waals surface area contributed by atoms with Crippen LogP contribution in [-0.2, 0) is 9.84 Å². The third-order valence-electron chi connectivity index (χ3n) is 3.38. The fourth-order valence-electron chi connectivity index (χ4n) is 2.24. The van der Waals surface area contributed by atoms with Crippen LogP contribution < -0.4 is 0 Å². The average Bonchev–Trinajstić information content (AvgIpc) is 2.92. The van der Waals surface area contributed by atoms with E-state index in [9.17, 15) is 8.42 Å². The fourth-order valence-corrected chi connectivity index (χ4v) is 5.29. The minimum Gasteiger partial charge on any atom is -0.309 e. The first-order valence-corrected chi connectivity index (χ1v) is 9.18. The first-order chi connectivity index (χ1) is 9.93. The molecule has 1 aromatic carbocycles. The van der Waals surface area contributed by atoms with Crippen molar-refractivity contribution in [2.24, 2.45) is 0 Å². The van der Waals surface area contributed by atoms with Gasteiger partial charge in [0.1, 0.15) is 5.25 Å². The number of aromatic nitrogens is 1. The molecular formula is C15H20N2O2S2. The lowest BCUT2D eigenvalue weighted by atomic mass is 10.2. The van der Waals surface area contributed by atoms with Gasteiger partial charge in [0.2, 0.25) is 0 Å². The number of aryl methyl sites for hydroxylation is 1. The van der Waals surface area contributed by atoms with Gasteiger partial charge in [-0.1, -0.05) is 18.2 Å². The second-order valence-corrected chi connectivity index (χ2v) is 8.31. The maximum Gasteiger partial charge on any atom is 0.186 e. The third-order valence-corrected chi connectivity index (χ3v) is 6.73. The smallest absolute Gasteiger partial charge is 0.186 e. The first-order valence-electron chi connectivity index (χ1n) is 6.75. The third kappa shape index (κ3) is 3.70. The number of nitrogens with zero attached hydrogens (tertiary/aromatic N) is 2. The summed E-state index contributed by atoms with van der Waals surface area (Å²) in [6, 6.07) is 7.16. The molecule has 1 unspecified atom stereocenters. The molecule has 0 aliphatic rings. The van der Waals surface area contributed by atoms with Crippen molar-refractivity contribution in [3.05, 3.63) is 46.4 Å². The Kier molecular flexibility index (Phi) is 5.13. The number of sulfone groups is 1. The van der Waals surface area contributed by atoms with Crippen LogP contribution in [0.25, 0.3) is 0 Å². The van der Waals surface area contributed by atoms with Crippen molar-refractivity contribution in [1.82, 2.24) is 9.88 Å². The molecule has 0 saturated carbocycles. The van der Waals surface area contributed by atoms with E-state index in [0.29, 0.717) is 17.9 Å². The normalized spacial score (nSPS) is 13.5. The van der Waals surface area contributed by atoms with Crippen molar-refractivity contribution in [2.75, 3.05) is 20.6 Å². The Labute approximate surface area is 130 Å². The highest BCUT2D eigenvalue weighted by atomic mass is 32.2. The summed E-state index contributed by atoms with van der Waals surface area (Å²) >= 11 is 1.40. The summed E-state index contributed by atoms with van der Waals surface area (Å²) in [5.41, 5.74) is 2.47. The van der Waals surface area contributed by atoms with Crippen LogP contribution in [-0.4, -0.2) is 38.9 Å². The minimum absolute atomic E-state index is 0.419. The van der Waals surface area contributed by atoms with Gasteiger partial charge in [-0.15, -0.1) is 11.3 Å². The highest BCUT2D eigenvalue weighted by Crippen LogP contribution is 2.35. The van der Waals surface area contributed by atoms with Gasteiger partial charge in [0, 0.05) is 11.1 Å². The Balaban J connectivity index is 2.42. The number of hydrogen-bond acceptors (Lipinski definition) is 5. The Hall–Kier alpha value is -1.24. The maximum absolute atomic E-state index is 13.0. The molecule has 0 aliphatic heterocycles. The van der Waals surface area contributed by atoms with Crippen LogP contribution in [0.4, 0.5) is 0 Å². The molecule has 6 heteroatoms. The van der Waals surface area contributed by atoms with Crippen LogP contribution >= 0.6 is 11.3 Å². The SMILES string of the molecule is Cc1ccccc1S(=O)(=O)C(CCN(C)C)c1cncs1. The van der Waals surface area contributed by atoms with Gasteiger partial charge in [0.25, 0.3) is 0 Å². The van der Waals surface area contributed by atoms with Gasteiger partial charge >= 0.3 is 0 Å². The summed E-state index contributed by atoms with van der Waals surface area (Å²) < 4.78 is 26.0. The Bertz CT molecular complexity index is 679. The number of thiazole rings is 1. The summed E-state index contributed by atoms with van der Waals surface area (Å²) in [7, 11) is 0.490. The summed E-state index contributed by atoms with van der Waals surface area (Å²) in [5.74, 6) is 0. The molecule has 1 aromatic heterocycles. The largest absolute Gasteiger partial charge is 0.309 e. The molecule has 0 saturated heterocycles. The minimum atomic E-state index is -3.41. The van der Waals surface area contributed by atoms with Crippen LogP contribution in [0.1, 0.15) is 22.1 Å². The summed E-state index contributed by atoms with van der Waals surface area (Å²) in [5, 5.41) is -0.534. The summed E-state index contributed by atoms with van der Waals surface area (Å²) in [4.78, 5) is 7.27. The number of benzene rings is 1. The van der Waals surface area contributed by atoms with Gasteiger partial charge in [0.15, 0.2) is 9.84 Å². The second kappa shape index (κ2) is 6.68. The van der Waals surface area contributed by atoms with E-state index in [1.807, 2.05) is 38.1 Å². The van der Waals surface area contributed by atoms with Gasteiger partial charge in [-0.05, 0) is 45.6 Å². The van der Waals surface area contributed by atoms with Gasteiger partial charge < -0.3 is 4.90 Å². The zero-order valence-electron chi connectivity index (χ0n) is 12.5. The molecule has 0 amide bonds. The van der Waals surface area contributed by atoms with Gasteiger partial charge in [-0.25, -0.2) is 8.42 Å². The second-order valence-electron chi connectivity index (χ2n) is 5.29. The molecule has 0 radical (unpaired) electrons. The van der Waals surface area contributed by atoms with E-state index in [1.54, 1.807) is 23.8 Å². The number of rotatable bonds is 6. The predicted octanol–water partition coefficient (Wildman–Crippen LogP) is 2.92. The molecule has 0 N–H and O–H groups in total. The molecular weight excluding hydrogens is 304 g/mol. The highest BCUT2D eigenvalue weighted by Gasteiger charge is 2.31. The molecule has 0 fully saturated rings. The lowest BCUT2D eigenvalue weighted by Crippen LogP contribution is -2.21. The molecule has 21 heavy (non-hydrogen) atoms. The Morgan fingerprint density at radius 1 is 1.29 bits per heavy atom. The maximum atomic E-state index is 13.0. The van der Waals surface area contributed by atoms with Gasteiger partial charge in [-0.3, -0.25) is 4.98 Å². The van der Waals surface area contributed by atoms with E-state index in [4.69, 9.17) is 0 Å². The molecule has 0 aliphatic carbocycles. The molecule has 4 nitrogen and oxygen atoms in total. The first kappa shape index (κ1) is 16.1. The molecule has 1 atom stereocenters. The Morgan fingerprint density at radius 2 is 2.00 bits per heavy atom. The van der Waals surface area contributed by atoms with Crippen molar-refractivity contribution in [3.63, 3.8) is 0 Å².